The molecule has 1 aliphatic heterocycles. The standard InChI is InChI=1S/C11H18N4S/c1-12-10-6-11(15-8-14-10)13-7-9-4-2-3-5-16-9/h6,8-9H,2-5,7H2,1H3,(H2,12,13,14,15). The van der Waals surface area contributed by atoms with Gasteiger partial charge in [-0.1, -0.05) is 6.42 Å². The van der Waals surface area contributed by atoms with Gasteiger partial charge in [0, 0.05) is 24.9 Å². The van der Waals surface area contributed by atoms with E-state index < -0.39 is 0 Å². The van der Waals surface area contributed by atoms with Crippen molar-refractivity contribution in [2.45, 2.75) is 24.5 Å². The molecule has 2 rings (SSSR count). The maximum atomic E-state index is 4.20. The van der Waals surface area contributed by atoms with Crippen molar-refractivity contribution < 1.29 is 0 Å². The Balaban J connectivity index is 1.83. The van der Waals surface area contributed by atoms with E-state index in [4.69, 9.17) is 0 Å². The fourth-order valence-electron chi connectivity index (χ4n) is 1.78. The average molecular weight is 238 g/mol. The minimum absolute atomic E-state index is 0.738. The van der Waals surface area contributed by atoms with Crippen molar-refractivity contribution in [2.75, 3.05) is 30.0 Å². The van der Waals surface area contributed by atoms with E-state index >= 15 is 0 Å². The molecule has 5 heteroatoms. The summed E-state index contributed by atoms with van der Waals surface area (Å²) in [6, 6.07) is 1.94. The number of anilines is 2. The lowest BCUT2D eigenvalue weighted by Crippen LogP contribution is -2.20. The van der Waals surface area contributed by atoms with Crippen molar-refractivity contribution in [3.8, 4) is 0 Å². The van der Waals surface area contributed by atoms with E-state index in [2.05, 4.69) is 32.4 Å². The lowest BCUT2D eigenvalue weighted by Gasteiger charge is -2.21. The smallest absolute Gasteiger partial charge is 0.131 e. The topological polar surface area (TPSA) is 49.8 Å². The van der Waals surface area contributed by atoms with Gasteiger partial charge in [0.25, 0.3) is 0 Å². The van der Waals surface area contributed by atoms with Gasteiger partial charge in [0.1, 0.15) is 18.0 Å². The Labute approximate surface area is 101 Å². The Kier molecular flexibility index (Phi) is 4.27. The van der Waals surface area contributed by atoms with Gasteiger partial charge in [0.2, 0.25) is 0 Å². The Morgan fingerprint density at radius 1 is 1.38 bits per heavy atom. The van der Waals surface area contributed by atoms with Crippen molar-refractivity contribution >= 4 is 23.4 Å². The van der Waals surface area contributed by atoms with Crippen LogP contribution < -0.4 is 10.6 Å². The fourth-order valence-corrected chi connectivity index (χ4v) is 3.02. The average Bonchev–Trinajstić information content (AvgIpc) is 2.38. The molecule has 0 bridgehead atoms. The third kappa shape index (κ3) is 3.27. The summed E-state index contributed by atoms with van der Waals surface area (Å²) in [7, 11) is 1.86. The summed E-state index contributed by atoms with van der Waals surface area (Å²) in [5.41, 5.74) is 0. The molecule has 1 fully saturated rings. The lowest BCUT2D eigenvalue weighted by molar-refractivity contribution is 0.677. The molecular weight excluding hydrogens is 220 g/mol. The van der Waals surface area contributed by atoms with Crippen molar-refractivity contribution in [3.05, 3.63) is 12.4 Å². The van der Waals surface area contributed by atoms with Crippen LogP contribution in [-0.2, 0) is 0 Å². The molecule has 0 aromatic carbocycles. The van der Waals surface area contributed by atoms with Gasteiger partial charge < -0.3 is 10.6 Å². The molecule has 2 N–H and O–H groups in total. The van der Waals surface area contributed by atoms with Crippen LogP contribution in [-0.4, -0.2) is 34.6 Å². The van der Waals surface area contributed by atoms with Gasteiger partial charge in [-0.15, -0.1) is 0 Å². The number of nitrogens with zero attached hydrogens (tertiary/aromatic N) is 2. The van der Waals surface area contributed by atoms with Crippen LogP contribution >= 0.6 is 11.8 Å². The van der Waals surface area contributed by atoms with Gasteiger partial charge in [0.05, 0.1) is 0 Å². The minimum Gasteiger partial charge on any atom is -0.373 e. The van der Waals surface area contributed by atoms with Crippen molar-refractivity contribution in [1.29, 1.82) is 0 Å². The number of hydrogen-bond donors (Lipinski definition) is 2. The molecule has 1 atom stereocenters. The first kappa shape index (κ1) is 11.5. The zero-order chi connectivity index (χ0) is 11.2. The quantitative estimate of drug-likeness (QED) is 0.842. The highest BCUT2D eigenvalue weighted by molar-refractivity contribution is 7.99. The predicted molar refractivity (Wildman–Crippen MR) is 70.2 cm³/mol. The Morgan fingerprint density at radius 2 is 2.25 bits per heavy atom. The molecule has 1 aromatic rings. The molecule has 16 heavy (non-hydrogen) atoms. The van der Waals surface area contributed by atoms with Crippen LogP contribution in [0.5, 0.6) is 0 Å². The molecule has 1 unspecified atom stereocenters. The first-order valence-corrected chi connectivity index (χ1v) is 6.78. The Morgan fingerprint density at radius 3 is 3.00 bits per heavy atom. The molecular formula is C11H18N4S. The molecule has 4 nitrogen and oxygen atoms in total. The third-order valence-corrected chi connectivity index (χ3v) is 4.11. The van der Waals surface area contributed by atoms with Crippen LogP contribution in [0.4, 0.5) is 11.6 Å². The molecule has 1 aliphatic rings. The molecule has 1 saturated heterocycles. The van der Waals surface area contributed by atoms with Crippen molar-refractivity contribution in [3.63, 3.8) is 0 Å². The van der Waals surface area contributed by atoms with Gasteiger partial charge in [-0.25, -0.2) is 9.97 Å². The normalized spacial score (nSPS) is 20.4. The summed E-state index contributed by atoms with van der Waals surface area (Å²) in [5, 5.41) is 7.12. The number of rotatable bonds is 4. The van der Waals surface area contributed by atoms with Crippen LogP contribution in [0.1, 0.15) is 19.3 Å². The highest BCUT2D eigenvalue weighted by Gasteiger charge is 2.13. The number of hydrogen-bond acceptors (Lipinski definition) is 5. The Hall–Kier alpha value is -0.970. The summed E-state index contributed by atoms with van der Waals surface area (Å²) < 4.78 is 0. The van der Waals surface area contributed by atoms with E-state index in [1.54, 1.807) is 6.33 Å². The zero-order valence-corrected chi connectivity index (χ0v) is 10.4. The van der Waals surface area contributed by atoms with Crippen LogP contribution in [0.25, 0.3) is 0 Å². The maximum absolute atomic E-state index is 4.20. The molecule has 0 spiro atoms. The summed E-state index contributed by atoms with van der Waals surface area (Å²) in [5.74, 6) is 3.07. The van der Waals surface area contributed by atoms with Crippen LogP contribution in [0, 0.1) is 0 Å². The van der Waals surface area contributed by atoms with E-state index in [0.29, 0.717) is 0 Å². The van der Waals surface area contributed by atoms with E-state index in [-0.39, 0.29) is 0 Å². The van der Waals surface area contributed by atoms with Crippen LogP contribution in [0.2, 0.25) is 0 Å². The zero-order valence-electron chi connectivity index (χ0n) is 9.57. The minimum atomic E-state index is 0.738. The molecule has 88 valence electrons. The largest absolute Gasteiger partial charge is 0.373 e. The van der Waals surface area contributed by atoms with Crippen molar-refractivity contribution in [1.82, 2.24) is 9.97 Å². The first-order valence-electron chi connectivity index (χ1n) is 5.74. The van der Waals surface area contributed by atoms with Crippen molar-refractivity contribution in [2.24, 2.45) is 0 Å². The second-order valence-electron chi connectivity index (χ2n) is 3.91. The predicted octanol–water partition coefficient (Wildman–Crippen LogP) is 2.22. The summed E-state index contributed by atoms with van der Waals surface area (Å²) in [6.45, 7) is 1.00. The second-order valence-corrected chi connectivity index (χ2v) is 5.32. The van der Waals surface area contributed by atoms with Crippen LogP contribution in [0.15, 0.2) is 12.4 Å². The molecule has 0 amide bonds. The first-order chi connectivity index (χ1) is 7.88. The molecule has 0 aliphatic carbocycles. The highest BCUT2D eigenvalue weighted by atomic mass is 32.2. The second kappa shape index (κ2) is 5.94. The molecule has 1 aromatic heterocycles. The highest BCUT2D eigenvalue weighted by Crippen LogP contribution is 2.25. The lowest BCUT2D eigenvalue weighted by atomic mass is 10.2. The molecule has 0 radical (unpaired) electrons. The van der Waals surface area contributed by atoms with Gasteiger partial charge >= 0.3 is 0 Å². The summed E-state index contributed by atoms with van der Waals surface area (Å²) >= 11 is 2.07. The van der Waals surface area contributed by atoms with Gasteiger partial charge in [-0.3, -0.25) is 0 Å². The monoisotopic (exact) mass is 238 g/mol. The SMILES string of the molecule is CNc1cc(NCC2CCCCS2)ncn1. The number of thioether (sulfide) groups is 1. The van der Waals surface area contributed by atoms with E-state index in [9.17, 15) is 0 Å². The summed E-state index contributed by atoms with van der Waals surface area (Å²) in [6.07, 6.45) is 5.65. The fraction of sp³-hybridized carbons (Fsp3) is 0.636. The Bertz CT molecular complexity index is 326. The maximum Gasteiger partial charge on any atom is 0.131 e. The third-order valence-electron chi connectivity index (χ3n) is 2.71. The van der Waals surface area contributed by atoms with Gasteiger partial charge in [-0.2, -0.15) is 11.8 Å². The number of nitrogens with one attached hydrogen (secondary N) is 2. The van der Waals surface area contributed by atoms with E-state index in [1.165, 1.54) is 25.0 Å². The molecule has 2 heterocycles. The summed E-state index contributed by atoms with van der Waals surface area (Å²) in [4.78, 5) is 8.29. The van der Waals surface area contributed by atoms with E-state index in [1.807, 2.05) is 13.1 Å². The number of aromatic nitrogens is 2. The van der Waals surface area contributed by atoms with Crippen LogP contribution in [0.3, 0.4) is 0 Å². The van der Waals surface area contributed by atoms with E-state index in [0.717, 1.165) is 23.4 Å². The van der Waals surface area contributed by atoms with Gasteiger partial charge in [-0.05, 0) is 18.6 Å². The molecule has 0 saturated carbocycles. The van der Waals surface area contributed by atoms with Gasteiger partial charge in [0.15, 0.2) is 0 Å².